The van der Waals surface area contributed by atoms with Gasteiger partial charge in [0.1, 0.15) is 18.8 Å². The number of benzene rings is 2. The Morgan fingerprint density at radius 2 is 1.73 bits per heavy atom. The third-order valence-electron chi connectivity index (χ3n) is 5.11. The lowest BCUT2D eigenvalue weighted by Crippen LogP contribution is -2.52. The number of rotatable bonds is 7. The van der Waals surface area contributed by atoms with Crippen LogP contribution in [0.5, 0.6) is 11.5 Å². The van der Waals surface area contributed by atoms with Gasteiger partial charge in [0.15, 0.2) is 11.5 Å². The molecule has 2 atom stereocenters. The predicted molar refractivity (Wildman–Crippen MR) is 113 cm³/mol. The van der Waals surface area contributed by atoms with Gasteiger partial charge in [0.05, 0.1) is 17.7 Å². The molecule has 3 amide bonds. The summed E-state index contributed by atoms with van der Waals surface area (Å²) in [5, 5.41) is 2.84. The standard InChI is InChI=1S/C22H22N2O5S/c1-30-11-10-17(24-21(26)15-6-2-3-7-16(15)22(24)27)20(25)23-12-14-13-28-18-8-4-5-9-19(18)29-14/h2-9,14,17H,10-13H2,1H3,(H,23,25)/t14-,17-/m0/s1. The number of carbonyl (C=O) groups excluding carboxylic acids is 3. The Balaban J connectivity index is 1.45. The smallest absolute Gasteiger partial charge is 0.262 e. The zero-order valence-electron chi connectivity index (χ0n) is 16.5. The molecule has 0 radical (unpaired) electrons. The van der Waals surface area contributed by atoms with Crippen LogP contribution in [0.2, 0.25) is 0 Å². The van der Waals surface area contributed by atoms with Crippen molar-refractivity contribution in [3.05, 3.63) is 59.7 Å². The number of thioether (sulfide) groups is 1. The summed E-state index contributed by atoms with van der Waals surface area (Å²) >= 11 is 1.56. The van der Waals surface area contributed by atoms with Gasteiger partial charge >= 0.3 is 0 Å². The van der Waals surface area contributed by atoms with Crippen LogP contribution in [0.4, 0.5) is 0 Å². The summed E-state index contributed by atoms with van der Waals surface area (Å²) in [6, 6.07) is 13.1. The van der Waals surface area contributed by atoms with Crippen molar-refractivity contribution in [1.29, 1.82) is 0 Å². The first kappa shape index (κ1) is 20.3. The zero-order valence-corrected chi connectivity index (χ0v) is 17.3. The van der Waals surface area contributed by atoms with Crippen molar-refractivity contribution in [2.45, 2.75) is 18.6 Å². The maximum absolute atomic E-state index is 13.0. The molecule has 2 heterocycles. The first-order valence-electron chi connectivity index (χ1n) is 9.72. The summed E-state index contributed by atoms with van der Waals surface area (Å²) in [5.74, 6) is 0.709. The Kier molecular flexibility index (Phi) is 5.94. The Morgan fingerprint density at radius 1 is 1.10 bits per heavy atom. The monoisotopic (exact) mass is 426 g/mol. The van der Waals surface area contributed by atoms with E-state index in [-0.39, 0.29) is 18.6 Å². The molecule has 0 fully saturated rings. The van der Waals surface area contributed by atoms with Crippen LogP contribution in [0.1, 0.15) is 27.1 Å². The van der Waals surface area contributed by atoms with E-state index in [0.717, 1.165) is 4.90 Å². The largest absolute Gasteiger partial charge is 0.486 e. The van der Waals surface area contributed by atoms with E-state index in [1.54, 1.807) is 36.0 Å². The van der Waals surface area contributed by atoms with Crippen LogP contribution >= 0.6 is 11.8 Å². The molecule has 2 aliphatic heterocycles. The topological polar surface area (TPSA) is 84.9 Å². The number of carbonyl (C=O) groups is 3. The molecule has 2 aliphatic rings. The highest BCUT2D eigenvalue weighted by molar-refractivity contribution is 7.98. The molecule has 0 spiro atoms. The van der Waals surface area contributed by atoms with E-state index in [1.807, 2.05) is 30.5 Å². The maximum Gasteiger partial charge on any atom is 0.262 e. The lowest BCUT2D eigenvalue weighted by molar-refractivity contribution is -0.125. The number of amides is 3. The molecule has 2 aromatic carbocycles. The van der Waals surface area contributed by atoms with Gasteiger partial charge in [-0.25, -0.2) is 0 Å². The first-order valence-corrected chi connectivity index (χ1v) is 11.1. The number of ether oxygens (including phenoxy) is 2. The second-order valence-electron chi connectivity index (χ2n) is 7.07. The van der Waals surface area contributed by atoms with Crippen LogP contribution in [0.3, 0.4) is 0 Å². The number of para-hydroxylation sites is 2. The van der Waals surface area contributed by atoms with Gasteiger partial charge in [0, 0.05) is 0 Å². The average molecular weight is 426 g/mol. The fourth-order valence-electron chi connectivity index (χ4n) is 3.59. The lowest BCUT2D eigenvalue weighted by Gasteiger charge is -2.29. The van der Waals surface area contributed by atoms with Crippen molar-refractivity contribution in [2.24, 2.45) is 0 Å². The van der Waals surface area contributed by atoms with Crippen molar-refractivity contribution >= 4 is 29.5 Å². The Bertz CT molecular complexity index is 945. The van der Waals surface area contributed by atoms with E-state index in [4.69, 9.17) is 9.47 Å². The number of imide groups is 1. The molecule has 7 nitrogen and oxygen atoms in total. The third kappa shape index (κ3) is 3.87. The Labute approximate surface area is 178 Å². The highest BCUT2D eigenvalue weighted by Crippen LogP contribution is 2.31. The summed E-state index contributed by atoms with van der Waals surface area (Å²) in [6.07, 6.45) is 1.94. The normalized spacial score (nSPS) is 18.2. The SMILES string of the molecule is CSCC[C@@H](C(=O)NC[C@H]1COc2ccccc2O1)N1C(=O)c2ccccc2C1=O. The van der Waals surface area contributed by atoms with Crippen LogP contribution in [-0.4, -0.2) is 59.9 Å². The first-order chi connectivity index (χ1) is 14.6. The summed E-state index contributed by atoms with van der Waals surface area (Å²) in [7, 11) is 0. The summed E-state index contributed by atoms with van der Waals surface area (Å²) in [4.78, 5) is 39.8. The minimum absolute atomic E-state index is 0.214. The number of nitrogens with zero attached hydrogens (tertiary/aromatic N) is 1. The molecule has 0 saturated carbocycles. The van der Waals surface area contributed by atoms with E-state index in [2.05, 4.69) is 5.32 Å². The fraction of sp³-hybridized carbons (Fsp3) is 0.318. The minimum Gasteiger partial charge on any atom is -0.486 e. The molecule has 4 rings (SSSR count). The molecular weight excluding hydrogens is 404 g/mol. The van der Waals surface area contributed by atoms with Gasteiger partial charge in [-0.05, 0) is 42.7 Å². The number of nitrogens with one attached hydrogen (secondary N) is 1. The van der Waals surface area contributed by atoms with Gasteiger partial charge in [-0.3, -0.25) is 19.3 Å². The van der Waals surface area contributed by atoms with Crippen molar-refractivity contribution in [2.75, 3.05) is 25.2 Å². The average Bonchev–Trinajstić information content (AvgIpc) is 3.03. The molecular formula is C22H22N2O5S. The van der Waals surface area contributed by atoms with Gasteiger partial charge in [0.2, 0.25) is 5.91 Å². The van der Waals surface area contributed by atoms with E-state index < -0.39 is 17.9 Å². The van der Waals surface area contributed by atoms with Crippen molar-refractivity contribution in [3.63, 3.8) is 0 Å². The van der Waals surface area contributed by atoms with E-state index in [9.17, 15) is 14.4 Å². The van der Waals surface area contributed by atoms with E-state index in [0.29, 0.717) is 41.4 Å². The molecule has 2 aromatic rings. The second kappa shape index (κ2) is 8.79. The molecule has 0 aromatic heterocycles. The zero-order chi connectivity index (χ0) is 21.1. The highest BCUT2D eigenvalue weighted by Gasteiger charge is 2.42. The van der Waals surface area contributed by atoms with Crippen LogP contribution in [0.25, 0.3) is 0 Å². The third-order valence-corrected chi connectivity index (χ3v) is 5.75. The number of hydrogen-bond acceptors (Lipinski definition) is 6. The lowest BCUT2D eigenvalue weighted by atomic mass is 10.1. The Morgan fingerprint density at radius 3 is 2.40 bits per heavy atom. The molecule has 0 aliphatic carbocycles. The molecule has 0 bridgehead atoms. The quantitative estimate of drug-likeness (QED) is 0.685. The van der Waals surface area contributed by atoms with Gasteiger partial charge in [-0.2, -0.15) is 11.8 Å². The van der Waals surface area contributed by atoms with Gasteiger partial charge in [-0.1, -0.05) is 24.3 Å². The highest BCUT2D eigenvalue weighted by atomic mass is 32.2. The van der Waals surface area contributed by atoms with Crippen molar-refractivity contribution < 1.29 is 23.9 Å². The summed E-state index contributed by atoms with van der Waals surface area (Å²) < 4.78 is 11.5. The minimum atomic E-state index is -0.873. The maximum atomic E-state index is 13.0. The van der Waals surface area contributed by atoms with E-state index >= 15 is 0 Å². The number of hydrogen-bond donors (Lipinski definition) is 1. The van der Waals surface area contributed by atoms with Crippen LogP contribution in [-0.2, 0) is 4.79 Å². The van der Waals surface area contributed by atoms with Gasteiger partial charge < -0.3 is 14.8 Å². The summed E-state index contributed by atoms with van der Waals surface area (Å²) in [5.41, 5.74) is 0.676. The number of fused-ring (bicyclic) bond motifs is 2. The molecule has 30 heavy (non-hydrogen) atoms. The van der Waals surface area contributed by atoms with Crippen LogP contribution in [0.15, 0.2) is 48.5 Å². The predicted octanol–water partition coefficient (Wildman–Crippen LogP) is 2.36. The summed E-state index contributed by atoms with van der Waals surface area (Å²) in [6.45, 7) is 0.520. The van der Waals surface area contributed by atoms with Crippen molar-refractivity contribution in [3.8, 4) is 11.5 Å². The second-order valence-corrected chi connectivity index (χ2v) is 8.05. The van der Waals surface area contributed by atoms with Gasteiger partial charge in [0.25, 0.3) is 11.8 Å². The molecule has 1 N–H and O–H groups in total. The molecule has 0 unspecified atom stereocenters. The van der Waals surface area contributed by atoms with Crippen LogP contribution in [0, 0.1) is 0 Å². The Hall–Kier alpha value is -3.00. The van der Waals surface area contributed by atoms with Crippen LogP contribution < -0.4 is 14.8 Å². The fourth-order valence-corrected chi connectivity index (χ4v) is 4.05. The van der Waals surface area contributed by atoms with Gasteiger partial charge in [-0.15, -0.1) is 0 Å². The molecule has 8 heteroatoms. The van der Waals surface area contributed by atoms with E-state index in [1.165, 1.54) is 0 Å². The molecule has 156 valence electrons. The van der Waals surface area contributed by atoms with Crippen molar-refractivity contribution in [1.82, 2.24) is 10.2 Å². The molecule has 0 saturated heterocycles.